The second-order valence-electron chi connectivity index (χ2n) is 12.3. The fourth-order valence-electron chi connectivity index (χ4n) is 4.45. The van der Waals surface area contributed by atoms with E-state index in [1.165, 1.54) is 10.4 Å². The van der Waals surface area contributed by atoms with Crippen molar-refractivity contribution in [3.05, 3.63) is 60.7 Å². The molecule has 0 bridgehead atoms. The first kappa shape index (κ1) is 28.7. The Kier molecular flexibility index (Phi) is 9.31. The fraction of sp³-hybridized carbons (Fsp3) is 0.552. The molecule has 0 aliphatic rings. The van der Waals surface area contributed by atoms with Crippen LogP contribution in [0.5, 0.6) is 0 Å². The Morgan fingerprint density at radius 1 is 0.794 bits per heavy atom. The van der Waals surface area contributed by atoms with Gasteiger partial charge in [-0.2, -0.15) is 0 Å². The van der Waals surface area contributed by atoms with Gasteiger partial charge in [0.25, 0.3) is 8.32 Å². The molecule has 0 saturated carbocycles. The molecule has 0 radical (unpaired) electrons. The summed E-state index contributed by atoms with van der Waals surface area (Å²) in [6.07, 6.45) is 0.869. The Balaban J connectivity index is 2.48. The molecule has 3 nitrogen and oxygen atoms in total. The van der Waals surface area contributed by atoms with Gasteiger partial charge in [-0.15, -0.1) is 0 Å². The SMILES string of the molecule is C[C@H](C=O)[C@H](O[Si](C)(C)C(C)(C)C)[C@H](C)CO[Si](c1ccccc1)(c1ccccc1)C(C)(C)C. The van der Waals surface area contributed by atoms with Crippen molar-refractivity contribution in [3.63, 3.8) is 0 Å². The summed E-state index contributed by atoms with van der Waals surface area (Å²) in [5.74, 6) is -0.108. The lowest BCUT2D eigenvalue weighted by atomic mass is 9.95. The summed E-state index contributed by atoms with van der Waals surface area (Å²) in [5.41, 5.74) is 0. The second-order valence-corrected chi connectivity index (χ2v) is 21.4. The van der Waals surface area contributed by atoms with E-state index in [2.05, 4.69) is 122 Å². The van der Waals surface area contributed by atoms with E-state index in [-0.39, 0.29) is 28.0 Å². The van der Waals surface area contributed by atoms with Gasteiger partial charge in [0.2, 0.25) is 0 Å². The number of benzene rings is 2. The monoisotopic (exact) mass is 498 g/mol. The predicted octanol–water partition coefficient (Wildman–Crippen LogP) is 6.42. The Morgan fingerprint density at radius 2 is 1.24 bits per heavy atom. The average Bonchev–Trinajstić information content (AvgIpc) is 2.77. The summed E-state index contributed by atoms with van der Waals surface area (Å²) in [5, 5.41) is 2.53. The van der Waals surface area contributed by atoms with E-state index in [1.807, 2.05) is 6.92 Å². The van der Waals surface area contributed by atoms with Gasteiger partial charge in [0.15, 0.2) is 8.32 Å². The molecule has 34 heavy (non-hydrogen) atoms. The van der Waals surface area contributed by atoms with Crippen molar-refractivity contribution in [2.24, 2.45) is 11.8 Å². The Bertz CT molecular complexity index is 859. The van der Waals surface area contributed by atoms with Gasteiger partial charge in [0, 0.05) is 18.4 Å². The van der Waals surface area contributed by atoms with Gasteiger partial charge in [0.05, 0.1) is 6.10 Å². The summed E-state index contributed by atoms with van der Waals surface area (Å²) < 4.78 is 14.0. The van der Waals surface area contributed by atoms with Gasteiger partial charge in [-0.3, -0.25) is 0 Å². The zero-order valence-corrected chi connectivity index (χ0v) is 25.0. The predicted molar refractivity (Wildman–Crippen MR) is 150 cm³/mol. The lowest BCUT2D eigenvalue weighted by Crippen LogP contribution is -2.67. The summed E-state index contributed by atoms with van der Waals surface area (Å²) in [6.45, 7) is 22.8. The van der Waals surface area contributed by atoms with Gasteiger partial charge < -0.3 is 13.6 Å². The van der Waals surface area contributed by atoms with E-state index in [1.54, 1.807) is 0 Å². The number of carbonyl (C=O) groups excluding carboxylic acids is 1. The molecule has 2 aromatic carbocycles. The van der Waals surface area contributed by atoms with Crippen LogP contribution in [0.15, 0.2) is 60.7 Å². The van der Waals surface area contributed by atoms with Crippen LogP contribution in [-0.2, 0) is 13.6 Å². The third-order valence-corrected chi connectivity index (χ3v) is 17.0. The van der Waals surface area contributed by atoms with Crippen LogP contribution in [-0.4, -0.2) is 35.6 Å². The van der Waals surface area contributed by atoms with Crippen molar-refractivity contribution in [3.8, 4) is 0 Å². The van der Waals surface area contributed by atoms with E-state index in [9.17, 15) is 4.79 Å². The number of aldehydes is 1. The maximum absolute atomic E-state index is 11.9. The highest BCUT2D eigenvalue weighted by Crippen LogP contribution is 2.40. The van der Waals surface area contributed by atoms with Crippen molar-refractivity contribution in [1.29, 1.82) is 0 Å². The molecule has 2 aromatic rings. The molecule has 188 valence electrons. The lowest BCUT2D eigenvalue weighted by molar-refractivity contribution is -0.114. The minimum absolute atomic E-state index is 0.0758. The zero-order valence-electron chi connectivity index (χ0n) is 23.0. The molecule has 0 aliphatic carbocycles. The average molecular weight is 499 g/mol. The molecule has 0 N–H and O–H groups in total. The van der Waals surface area contributed by atoms with Crippen LogP contribution < -0.4 is 10.4 Å². The minimum atomic E-state index is -2.63. The second kappa shape index (κ2) is 11.0. The molecule has 0 unspecified atom stereocenters. The number of hydrogen-bond donors (Lipinski definition) is 0. The third-order valence-electron chi connectivity index (χ3n) is 7.51. The highest BCUT2D eigenvalue weighted by atomic mass is 28.4. The first-order chi connectivity index (χ1) is 15.7. The normalized spacial score (nSPS) is 16.1. The van der Waals surface area contributed by atoms with Gasteiger partial charge in [-0.25, -0.2) is 0 Å². The third kappa shape index (κ3) is 6.17. The molecule has 0 spiro atoms. The molecule has 0 aromatic heterocycles. The minimum Gasteiger partial charge on any atom is -0.413 e. The Morgan fingerprint density at radius 3 is 1.59 bits per heavy atom. The van der Waals surface area contributed by atoms with Gasteiger partial charge in [-0.05, 0) is 33.5 Å². The van der Waals surface area contributed by atoms with Crippen LogP contribution in [0.2, 0.25) is 23.2 Å². The topological polar surface area (TPSA) is 35.5 Å². The van der Waals surface area contributed by atoms with Crippen LogP contribution >= 0.6 is 0 Å². The van der Waals surface area contributed by atoms with E-state index >= 15 is 0 Å². The van der Waals surface area contributed by atoms with E-state index in [0.29, 0.717) is 6.61 Å². The van der Waals surface area contributed by atoms with Crippen molar-refractivity contribution in [1.82, 2.24) is 0 Å². The van der Waals surface area contributed by atoms with E-state index < -0.39 is 16.6 Å². The van der Waals surface area contributed by atoms with E-state index in [0.717, 1.165) is 6.29 Å². The maximum atomic E-state index is 11.9. The summed E-state index contributed by atoms with van der Waals surface area (Å²) in [4.78, 5) is 11.9. The fourth-order valence-corrected chi connectivity index (χ4v) is 10.6. The first-order valence-electron chi connectivity index (χ1n) is 12.6. The molecule has 0 aliphatic heterocycles. The zero-order chi connectivity index (χ0) is 25.8. The molecule has 2 rings (SSSR count). The van der Waals surface area contributed by atoms with Crippen molar-refractivity contribution >= 4 is 33.3 Å². The van der Waals surface area contributed by atoms with Gasteiger partial charge in [-0.1, -0.05) is 116 Å². The van der Waals surface area contributed by atoms with Gasteiger partial charge in [0.1, 0.15) is 6.29 Å². The lowest BCUT2D eigenvalue weighted by Gasteiger charge is -2.45. The summed E-state index contributed by atoms with van der Waals surface area (Å²) >= 11 is 0. The quantitative estimate of drug-likeness (QED) is 0.280. The Hall–Kier alpha value is -1.54. The summed E-state index contributed by atoms with van der Waals surface area (Å²) in [6, 6.07) is 21.4. The molecule has 3 atom stereocenters. The van der Waals surface area contributed by atoms with Crippen LogP contribution in [0.4, 0.5) is 0 Å². The maximum Gasteiger partial charge on any atom is 0.261 e. The summed E-state index contributed by atoms with van der Waals surface area (Å²) in [7, 11) is -4.68. The number of rotatable bonds is 10. The number of carbonyl (C=O) groups is 1. The largest absolute Gasteiger partial charge is 0.413 e. The number of hydrogen-bond acceptors (Lipinski definition) is 3. The van der Waals surface area contributed by atoms with Gasteiger partial charge >= 0.3 is 0 Å². The van der Waals surface area contributed by atoms with Crippen LogP contribution in [0, 0.1) is 11.8 Å². The smallest absolute Gasteiger partial charge is 0.261 e. The van der Waals surface area contributed by atoms with Crippen molar-refractivity contribution in [2.75, 3.05) is 6.61 Å². The molecule has 5 heteroatoms. The first-order valence-corrected chi connectivity index (χ1v) is 17.4. The molecule has 0 heterocycles. The standard InChI is InChI=1S/C29H46O3Si2/c1-23(21-30)27(32-33(9,10)28(3,4)5)24(2)22-31-34(29(6,7)8,25-17-13-11-14-18-25)26-19-15-12-16-20-26/h11-21,23-24,27H,22H2,1-10H3/t23-,24-,27+/m1/s1. The van der Waals surface area contributed by atoms with Crippen LogP contribution in [0.3, 0.4) is 0 Å². The van der Waals surface area contributed by atoms with E-state index in [4.69, 9.17) is 8.85 Å². The van der Waals surface area contributed by atoms with Crippen molar-refractivity contribution in [2.45, 2.75) is 84.7 Å². The van der Waals surface area contributed by atoms with Crippen LogP contribution in [0.1, 0.15) is 55.4 Å². The highest BCUT2D eigenvalue weighted by Gasteiger charge is 2.51. The highest BCUT2D eigenvalue weighted by molar-refractivity contribution is 6.99. The van der Waals surface area contributed by atoms with Crippen molar-refractivity contribution < 1.29 is 13.6 Å². The Labute approximate surface area is 210 Å². The molecule has 0 amide bonds. The molecule has 0 fully saturated rings. The molecule has 0 saturated heterocycles. The molecular formula is C29H46O3Si2. The molecular weight excluding hydrogens is 452 g/mol. The van der Waals surface area contributed by atoms with Crippen LogP contribution in [0.25, 0.3) is 0 Å².